The van der Waals surface area contributed by atoms with Crippen molar-refractivity contribution in [2.24, 2.45) is 0 Å². The Morgan fingerprint density at radius 1 is 1.32 bits per heavy atom. The van der Waals surface area contributed by atoms with Gasteiger partial charge in [-0.05, 0) is 30.7 Å². The van der Waals surface area contributed by atoms with Crippen molar-refractivity contribution < 1.29 is 27.4 Å². The predicted molar refractivity (Wildman–Crippen MR) is 87.1 cm³/mol. The number of H-pyrrole nitrogens is 1. The number of anilines is 1. The molecule has 1 atom stereocenters. The highest BCUT2D eigenvalue weighted by Gasteiger charge is 2.22. The number of ether oxygens (including phenoxy) is 2. The summed E-state index contributed by atoms with van der Waals surface area (Å²) in [5, 5.41) is 3.01. The third kappa shape index (κ3) is 5.06. The van der Waals surface area contributed by atoms with Gasteiger partial charge in [-0.25, -0.2) is 13.6 Å². The molecule has 2 aromatic rings. The molecule has 2 N–H and O–H groups in total. The number of carbonyl (C=O) groups excluding carboxylic acids is 1. The van der Waals surface area contributed by atoms with Gasteiger partial charge in [0.15, 0.2) is 0 Å². The van der Waals surface area contributed by atoms with Gasteiger partial charge in [0.25, 0.3) is 6.36 Å². The van der Waals surface area contributed by atoms with E-state index in [1.807, 2.05) is 0 Å². The van der Waals surface area contributed by atoms with Crippen molar-refractivity contribution in [3.8, 4) is 5.75 Å². The van der Waals surface area contributed by atoms with Gasteiger partial charge in [0.2, 0.25) is 0 Å². The topological polar surface area (TPSA) is 63.4 Å². The zero-order valence-electron chi connectivity index (χ0n) is 13.2. The fraction of sp³-hybridized carbons (Fsp3) is 0.312. The summed E-state index contributed by atoms with van der Waals surface area (Å²) in [6.07, 6.45) is -4.47. The molecule has 0 spiro atoms. The number of aromatic nitrogens is 1. The number of benzene rings is 1. The van der Waals surface area contributed by atoms with E-state index in [4.69, 9.17) is 16.3 Å². The zero-order chi connectivity index (χ0) is 18.4. The number of aromatic amines is 1. The minimum absolute atomic E-state index is 0.0147. The molecule has 0 bridgehead atoms. The predicted octanol–water partition coefficient (Wildman–Crippen LogP) is 4.40. The third-order valence-electron chi connectivity index (χ3n) is 3.14. The van der Waals surface area contributed by atoms with Crippen LogP contribution in [0.3, 0.4) is 0 Å². The van der Waals surface area contributed by atoms with Gasteiger partial charge in [0.05, 0.1) is 17.3 Å². The van der Waals surface area contributed by atoms with E-state index in [-0.39, 0.29) is 29.6 Å². The van der Waals surface area contributed by atoms with Gasteiger partial charge in [0, 0.05) is 12.7 Å². The lowest BCUT2D eigenvalue weighted by Gasteiger charge is -2.13. The van der Waals surface area contributed by atoms with Crippen molar-refractivity contribution >= 4 is 23.3 Å². The molecule has 1 aromatic carbocycles. The van der Waals surface area contributed by atoms with E-state index in [2.05, 4.69) is 15.0 Å². The molecule has 0 fully saturated rings. The summed E-state index contributed by atoms with van der Waals surface area (Å²) in [6.45, 7) is 2.16. The molecular formula is C16H16ClF3N2O3. The van der Waals surface area contributed by atoms with Crippen LogP contribution >= 0.6 is 11.6 Å². The Morgan fingerprint density at radius 3 is 2.76 bits per heavy atom. The van der Waals surface area contributed by atoms with Crippen LogP contribution in [0.4, 0.5) is 18.9 Å². The van der Waals surface area contributed by atoms with Gasteiger partial charge in [-0.3, -0.25) is 0 Å². The van der Waals surface area contributed by atoms with Crippen molar-refractivity contribution in [2.45, 2.75) is 26.3 Å². The van der Waals surface area contributed by atoms with E-state index in [0.717, 1.165) is 0 Å². The van der Waals surface area contributed by atoms with Crippen molar-refractivity contribution in [3.63, 3.8) is 0 Å². The van der Waals surface area contributed by atoms with Crippen LogP contribution in [-0.2, 0) is 11.3 Å². The van der Waals surface area contributed by atoms with Gasteiger partial charge in [-0.1, -0.05) is 17.7 Å². The average molecular weight is 377 g/mol. The number of rotatable bonds is 8. The fourth-order valence-corrected chi connectivity index (χ4v) is 2.17. The summed E-state index contributed by atoms with van der Waals surface area (Å²) in [5.41, 5.74) is 1.36. The van der Waals surface area contributed by atoms with Crippen molar-refractivity contribution in [3.05, 3.63) is 46.7 Å². The molecule has 0 saturated carbocycles. The Bertz CT molecular complexity index is 724. The second kappa shape index (κ2) is 8.66. The summed E-state index contributed by atoms with van der Waals surface area (Å²) >= 11 is 5.82. The number of esters is 1. The summed E-state index contributed by atoms with van der Waals surface area (Å²) in [7, 11) is 0. The van der Waals surface area contributed by atoms with Crippen LogP contribution in [0.5, 0.6) is 5.75 Å². The maximum Gasteiger partial charge on any atom is 0.356 e. The monoisotopic (exact) mass is 376 g/mol. The maximum atomic E-state index is 13.0. The van der Waals surface area contributed by atoms with Crippen LogP contribution in [-0.4, -0.2) is 30.3 Å². The summed E-state index contributed by atoms with van der Waals surface area (Å²) in [6, 6.07) is 6.03. The highest BCUT2D eigenvalue weighted by Crippen LogP contribution is 2.28. The first-order valence-corrected chi connectivity index (χ1v) is 7.75. The van der Waals surface area contributed by atoms with Crippen molar-refractivity contribution in [1.29, 1.82) is 0 Å². The van der Waals surface area contributed by atoms with Gasteiger partial charge in [-0.2, -0.15) is 4.39 Å². The van der Waals surface area contributed by atoms with Crippen LogP contribution in [0.1, 0.15) is 23.0 Å². The molecule has 1 unspecified atom stereocenters. The summed E-state index contributed by atoms with van der Waals surface area (Å²) in [5.74, 6) is -0.694. The molecule has 1 heterocycles. The molecule has 2 rings (SSSR count). The van der Waals surface area contributed by atoms with E-state index in [1.54, 1.807) is 25.3 Å². The molecule has 0 saturated heterocycles. The van der Waals surface area contributed by atoms with E-state index in [1.165, 1.54) is 12.1 Å². The number of hydrogen-bond acceptors (Lipinski definition) is 4. The molecule has 136 valence electrons. The quantitative estimate of drug-likeness (QED) is 0.670. The van der Waals surface area contributed by atoms with Crippen LogP contribution < -0.4 is 10.1 Å². The third-order valence-corrected chi connectivity index (χ3v) is 3.46. The van der Waals surface area contributed by atoms with E-state index in [9.17, 15) is 18.0 Å². The largest absolute Gasteiger partial charge is 0.461 e. The SMILES string of the molecule is CCOC(=O)c1[nH]ccc1NCc1ccc(Cl)c(OC(F)C(F)F)c1. The number of halogens is 4. The smallest absolute Gasteiger partial charge is 0.356 e. The molecule has 0 aliphatic rings. The normalized spacial score (nSPS) is 12.1. The first-order valence-electron chi connectivity index (χ1n) is 7.38. The Labute approximate surface area is 147 Å². The van der Waals surface area contributed by atoms with Crippen LogP contribution in [0.2, 0.25) is 5.02 Å². The Morgan fingerprint density at radius 2 is 2.08 bits per heavy atom. The van der Waals surface area contributed by atoms with Crippen LogP contribution in [0.25, 0.3) is 0 Å². The minimum Gasteiger partial charge on any atom is -0.461 e. The minimum atomic E-state index is -3.27. The molecule has 0 aliphatic heterocycles. The lowest BCUT2D eigenvalue weighted by molar-refractivity contribution is -0.0668. The Kier molecular flexibility index (Phi) is 6.58. The second-order valence-corrected chi connectivity index (χ2v) is 5.32. The molecule has 1 aromatic heterocycles. The number of nitrogens with one attached hydrogen (secondary N) is 2. The van der Waals surface area contributed by atoms with Gasteiger partial charge < -0.3 is 19.8 Å². The highest BCUT2D eigenvalue weighted by atomic mass is 35.5. The van der Waals surface area contributed by atoms with Gasteiger partial charge >= 0.3 is 12.4 Å². The van der Waals surface area contributed by atoms with E-state index < -0.39 is 18.8 Å². The molecule has 5 nitrogen and oxygen atoms in total. The molecule has 0 radical (unpaired) electrons. The van der Waals surface area contributed by atoms with Gasteiger partial charge in [0.1, 0.15) is 11.4 Å². The molecule has 0 aliphatic carbocycles. The number of carbonyl (C=O) groups is 1. The molecular weight excluding hydrogens is 361 g/mol. The maximum absolute atomic E-state index is 13.0. The van der Waals surface area contributed by atoms with Gasteiger partial charge in [-0.15, -0.1) is 0 Å². The van der Waals surface area contributed by atoms with Crippen molar-refractivity contribution in [2.75, 3.05) is 11.9 Å². The lowest BCUT2D eigenvalue weighted by Crippen LogP contribution is -2.19. The van der Waals surface area contributed by atoms with E-state index in [0.29, 0.717) is 11.3 Å². The first-order chi connectivity index (χ1) is 11.9. The summed E-state index contributed by atoms with van der Waals surface area (Å²) < 4.78 is 47.0. The average Bonchev–Trinajstić information content (AvgIpc) is 3.04. The fourth-order valence-electron chi connectivity index (χ4n) is 2.01. The Hall–Kier alpha value is -2.35. The first kappa shape index (κ1) is 19.0. The summed E-state index contributed by atoms with van der Waals surface area (Å²) in [4.78, 5) is 14.5. The number of hydrogen-bond donors (Lipinski definition) is 2. The molecule has 0 amide bonds. The standard InChI is InChI=1S/C16H16ClF3N2O3/c1-2-24-16(23)13-11(5-6-21-13)22-8-9-3-4-10(17)12(7-9)25-15(20)14(18)19/h3-7,14-15,21-22H,2,8H2,1H3. The van der Waals surface area contributed by atoms with Crippen LogP contribution in [0, 0.1) is 0 Å². The zero-order valence-corrected chi connectivity index (χ0v) is 13.9. The molecule has 9 heteroatoms. The van der Waals surface area contributed by atoms with Crippen molar-refractivity contribution in [1.82, 2.24) is 4.98 Å². The second-order valence-electron chi connectivity index (χ2n) is 4.91. The van der Waals surface area contributed by atoms with E-state index >= 15 is 0 Å². The number of alkyl halides is 3. The molecule has 25 heavy (non-hydrogen) atoms. The Balaban J connectivity index is 2.07. The lowest BCUT2D eigenvalue weighted by atomic mass is 10.2. The van der Waals surface area contributed by atoms with Crippen LogP contribution in [0.15, 0.2) is 30.5 Å². The highest BCUT2D eigenvalue weighted by molar-refractivity contribution is 6.32.